The van der Waals surface area contributed by atoms with Gasteiger partial charge < -0.3 is 24.1 Å². The van der Waals surface area contributed by atoms with E-state index in [1.807, 2.05) is 12.1 Å². The van der Waals surface area contributed by atoms with Gasteiger partial charge in [0, 0.05) is 47.7 Å². The minimum Gasteiger partial charge on any atom is -0.493 e. The molecule has 3 heterocycles. The van der Waals surface area contributed by atoms with E-state index in [4.69, 9.17) is 19.5 Å². The molecule has 0 bridgehead atoms. The third-order valence-electron chi connectivity index (χ3n) is 8.56. The van der Waals surface area contributed by atoms with Crippen molar-refractivity contribution in [3.05, 3.63) is 53.7 Å². The Kier molecular flexibility index (Phi) is 7.69. The Hall–Kier alpha value is -3.86. The number of alkyl halides is 3. The van der Waals surface area contributed by atoms with Crippen LogP contribution in [-0.2, 0) is 11.3 Å². The smallest absolute Gasteiger partial charge is 0.406 e. The fourth-order valence-electron chi connectivity index (χ4n) is 6.41. The molecule has 42 heavy (non-hydrogen) atoms. The number of halogens is 3. The number of benzene rings is 2. The first kappa shape index (κ1) is 28.3. The Morgan fingerprint density at radius 3 is 2.52 bits per heavy atom. The van der Waals surface area contributed by atoms with E-state index in [0.29, 0.717) is 34.0 Å². The summed E-state index contributed by atoms with van der Waals surface area (Å²) in [5, 5.41) is 13.4. The predicted molar refractivity (Wildman–Crippen MR) is 153 cm³/mol. The lowest BCUT2D eigenvalue weighted by atomic mass is 9.75. The molecule has 0 radical (unpaired) electrons. The van der Waals surface area contributed by atoms with E-state index >= 15 is 0 Å². The fraction of sp³-hybridized carbons (Fsp3) is 0.469. The molecule has 0 atom stereocenters. The van der Waals surface area contributed by atoms with Gasteiger partial charge in [0.15, 0.2) is 11.5 Å². The number of anilines is 1. The molecule has 7 nitrogen and oxygen atoms in total. The van der Waals surface area contributed by atoms with E-state index < -0.39 is 12.7 Å². The maximum Gasteiger partial charge on any atom is 0.406 e. The number of nitriles is 1. The quantitative estimate of drug-likeness (QED) is 0.370. The number of fused-ring (bicyclic) bond motifs is 1. The first-order valence-corrected chi connectivity index (χ1v) is 14.2. The van der Waals surface area contributed by atoms with Gasteiger partial charge in [0.1, 0.15) is 13.2 Å². The number of rotatable bonds is 7. The summed E-state index contributed by atoms with van der Waals surface area (Å²) in [6, 6.07) is 14.8. The highest BCUT2D eigenvalue weighted by atomic mass is 19.4. The second kappa shape index (κ2) is 11.4. The molecule has 2 aromatic carbocycles. The maximum atomic E-state index is 13.6. The lowest BCUT2D eigenvalue weighted by Crippen LogP contribution is -2.68. The van der Waals surface area contributed by atoms with Crippen LogP contribution in [0.25, 0.3) is 10.9 Å². The summed E-state index contributed by atoms with van der Waals surface area (Å²) in [7, 11) is 1.47. The molecule has 220 valence electrons. The average Bonchev–Trinajstić information content (AvgIpc) is 3.27. The molecule has 2 saturated heterocycles. The summed E-state index contributed by atoms with van der Waals surface area (Å²) >= 11 is 0. The Labute approximate surface area is 243 Å². The van der Waals surface area contributed by atoms with E-state index in [9.17, 15) is 13.2 Å². The number of nitrogens with one attached hydrogen (secondary N) is 1. The Bertz CT molecular complexity index is 1550. The highest BCUT2D eigenvalue weighted by Gasteiger charge is 2.50. The zero-order valence-electron chi connectivity index (χ0n) is 23.5. The molecule has 1 aromatic heterocycles. The van der Waals surface area contributed by atoms with Gasteiger partial charge >= 0.3 is 6.18 Å². The number of hydrogen-bond donors (Lipinski definition) is 1. The fourth-order valence-corrected chi connectivity index (χ4v) is 6.41. The lowest BCUT2D eigenvalue weighted by Gasteiger charge is -2.58. The van der Waals surface area contributed by atoms with Crippen LogP contribution in [0, 0.1) is 28.6 Å². The number of ether oxygens (including phenoxy) is 3. The van der Waals surface area contributed by atoms with Crippen LogP contribution in [0.1, 0.15) is 36.9 Å². The van der Waals surface area contributed by atoms with Crippen LogP contribution >= 0.6 is 0 Å². The number of methoxy groups -OCH3 is 1. The van der Waals surface area contributed by atoms with Crippen molar-refractivity contribution in [3.8, 4) is 29.4 Å². The zero-order valence-corrected chi connectivity index (χ0v) is 23.5. The molecule has 0 amide bonds. The first-order chi connectivity index (χ1) is 20.3. The molecule has 1 saturated carbocycles. The lowest BCUT2D eigenvalue weighted by molar-refractivity contribution is -0.200. The normalized spacial score (nSPS) is 21.5. The van der Waals surface area contributed by atoms with Crippen molar-refractivity contribution in [1.82, 2.24) is 9.47 Å². The van der Waals surface area contributed by atoms with Crippen molar-refractivity contribution in [2.24, 2.45) is 5.41 Å². The number of hydrogen-bond acceptors (Lipinski definition) is 6. The Balaban J connectivity index is 1.16. The number of nitrogens with zero attached hydrogens (tertiary/aromatic N) is 3. The van der Waals surface area contributed by atoms with Gasteiger partial charge in [-0.2, -0.15) is 18.4 Å². The van der Waals surface area contributed by atoms with Crippen molar-refractivity contribution in [1.29, 1.82) is 5.26 Å². The van der Waals surface area contributed by atoms with Crippen molar-refractivity contribution in [3.63, 3.8) is 0 Å². The summed E-state index contributed by atoms with van der Waals surface area (Å²) in [5.74, 6) is 6.51. The molecule has 1 aliphatic carbocycles. The summed E-state index contributed by atoms with van der Waals surface area (Å²) in [4.78, 5) is 2.59. The highest BCUT2D eigenvalue weighted by Crippen LogP contribution is 2.41. The number of aromatic nitrogens is 1. The van der Waals surface area contributed by atoms with Gasteiger partial charge in [-0.05, 0) is 61.9 Å². The molecule has 10 heteroatoms. The van der Waals surface area contributed by atoms with E-state index in [1.165, 1.54) is 11.7 Å². The molecule has 6 rings (SSSR count). The molecule has 3 aliphatic rings. The molecule has 1 spiro atoms. The molecule has 3 aromatic rings. The van der Waals surface area contributed by atoms with Crippen LogP contribution in [0.2, 0.25) is 0 Å². The van der Waals surface area contributed by atoms with Crippen LogP contribution in [0.5, 0.6) is 11.5 Å². The third-order valence-corrected chi connectivity index (χ3v) is 8.56. The van der Waals surface area contributed by atoms with Crippen LogP contribution in [-0.4, -0.2) is 67.7 Å². The van der Waals surface area contributed by atoms with Gasteiger partial charge in [-0.1, -0.05) is 12.0 Å². The zero-order chi connectivity index (χ0) is 29.3. The molecule has 1 N–H and O–H groups in total. The van der Waals surface area contributed by atoms with Crippen molar-refractivity contribution >= 4 is 16.6 Å². The summed E-state index contributed by atoms with van der Waals surface area (Å²) in [6.07, 6.45) is -0.140. The van der Waals surface area contributed by atoms with Gasteiger partial charge in [0.05, 0.1) is 43.2 Å². The van der Waals surface area contributed by atoms with E-state index in [1.54, 1.807) is 36.4 Å². The van der Waals surface area contributed by atoms with Crippen molar-refractivity contribution in [2.75, 3.05) is 45.3 Å². The highest BCUT2D eigenvalue weighted by molar-refractivity contribution is 5.94. The average molecular weight is 579 g/mol. The molecular formula is C32H33F3N4O3. The van der Waals surface area contributed by atoms with Gasteiger partial charge in [-0.25, -0.2) is 0 Å². The van der Waals surface area contributed by atoms with Crippen LogP contribution in [0.4, 0.5) is 18.9 Å². The van der Waals surface area contributed by atoms with E-state index in [0.717, 1.165) is 63.1 Å². The monoisotopic (exact) mass is 578 g/mol. The van der Waals surface area contributed by atoms with E-state index in [-0.39, 0.29) is 18.3 Å². The first-order valence-electron chi connectivity index (χ1n) is 14.2. The molecular weight excluding hydrogens is 545 g/mol. The van der Waals surface area contributed by atoms with E-state index in [2.05, 4.69) is 22.1 Å². The topological polar surface area (TPSA) is 71.7 Å². The molecule has 0 unspecified atom stereocenters. The SMILES string of the molecule is COc1cc(C#N)ccc1OCC#Cc1cc2c(NC3CCC(N4CC5(COC5)C4)CC3)cccc2n1CC(F)(F)F. The van der Waals surface area contributed by atoms with Crippen LogP contribution in [0.3, 0.4) is 0 Å². The largest absolute Gasteiger partial charge is 0.493 e. The molecule has 3 fully saturated rings. The van der Waals surface area contributed by atoms with Gasteiger partial charge in [-0.15, -0.1) is 0 Å². The summed E-state index contributed by atoms with van der Waals surface area (Å²) < 4.78 is 58.4. The Morgan fingerprint density at radius 1 is 1.07 bits per heavy atom. The second-order valence-electron chi connectivity index (χ2n) is 11.6. The minimum atomic E-state index is -4.41. The summed E-state index contributed by atoms with van der Waals surface area (Å²) in [6.45, 7) is 2.86. The van der Waals surface area contributed by atoms with Crippen LogP contribution < -0.4 is 14.8 Å². The van der Waals surface area contributed by atoms with Gasteiger partial charge in [-0.3, -0.25) is 4.90 Å². The van der Waals surface area contributed by atoms with Gasteiger partial charge in [0.25, 0.3) is 0 Å². The molecule has 2 aliphatic heterocycles. The van der Waals surface area contributed by atoms with Crippen LogP contribution in [0.15, 0.2) is 42.5 Å². The second-order valence-corrected chi connectivity index (χ2v) is 11.6. The minimum absolute atomic E-state index is 0.0602. The maximum absolute atomic E-state index is 13.6. The van der Waals surface area contributed by atoms with Crippen molar-refractivity contribution < 1.29 is 27.4 Å². The third kappa shape index (κ3) is 5.88. The Morgan fingerprint density at radius 2 is 1.86 bits per heavy atom. The van der Waals surface area contributed by atoms with Gasteiger partial charge in [0.2, 0.25) is 0 Å². The predicted octanol–water partition coefficient (Wildman–Crippen LogP) is 5.57. The standard InChI is InChI=1S/C32H33F3N4O3/c1-40-30-14-22(16-36)7-12-29(30)42-13-3-4-25-15-26-27(5-2-6-28(26)39(25)19-32(33,34)35)37-23-8-10-24(11-9-23)38-17-31(18-38)20-41-21-31/h2,5-7,12,14-15,23-24,37H,8-11,13,17-21H2,1H3. The van der Waals surface area contributed by atoms with Crippen molar-refractivity contribution in [2.45, 2.75) is 50.5 Å². The summed E-state index contributed by atoms with van der Waals surface area (Å²) in [5.41, 5.74) is 2.42. The number of likely N-dealkylation sites (tertiary alicyclic amines) is 1.